The zero-order valence-electron chi connectivity index (χ0n) is 17.4. The summed E-state index contributed by atoms with van der Waals surface area (Å²) >= 11 is 4.89. The highest BCUT2D eigenvalue weighted by Crippen LogP contribution is 2.38. The molecule has 4 nitrogen and oxygen atoms in total. The number of rotatable bonds is 4. The molecule has 6 heteroatoms. The van der Waals surface area contributed by atoms with E-state index in [1.165, 1.54) is 17.3 Å². The van der Waals surface area contributed by atoms with Gasteiger partial charge >= 0.3 is 0 Å². The van der Waals surface area contributed by atoms with E-state index in [1.807, 2.05) is 86.7 Å². The fourth-order valence-corrected chi connectivity index (χ4v) is 4.68. The summed E-state index contributed by atoms with van der Waals surface area (Å²) in [6, 6.07) is 21.6. The highest BCUT2D eigenvalue weighted by atomic mass is 79.9. The van der Waals surface area contributed by atoms with E-state index < -0.39 is 0 Å². The Hall–Kier alpha value is -2.83. The highest BCUT2D eigenvalue weighted by molar-refractivity contribution is 9.10. The Labute approximate surface area is 194 Å². The van der Waals surface area contributed by atoms with Crippen molar-refractivity contribution in [3.8, 4) is 5.75 Å². The Morgan fingerprint density at radius 1 is 0.968 bits per heavy atom. The number of hydrogen-bond acceptors (Lipinski definition) is 4. The number of carbonyl (C=O) groups is 1. The fraction of sp³-hybridized carbons (Fsp3) is 0.120. The normalized spacial score (nSPS) is 16.4. The second-order valence-corrected chi connectivity index (χ2v) is 9.07. The quantitative estimate of drug-likeness (QED) is 0.372. The molecule has 1 heterocycles. The number of amidine groups is 1. The van der Waals surface area contributed by atoms with Gasteiger partial charge in [-0.05, 0) is 89.6 Å². The van der Waals surface area contributed by atoms with Crippen LogP contribution in [0.2, 0.25) is 0 Å². The Morgan fingerprint density at radius 2 is 1.61 bits per heavy atom. The third-order valence-electron chi connectivity index (χ3n) is 4.83. The molecule has 4 rings (SSSR count). The number of aliphatic imine (C=N–C) groups is 1. The molecular weight excluding hydrogens is 472 g/mol. The average Bonchev–Trinajstić information content (AvgIpc) is 3.05. The van der Waals surface area contributed by atoms with Crippen molar-refractivity contribution in [1.29, 1.82) is 0 Å². The number of benzene rings is 3. The van der Waals surface area contributed by atoms with E-state index in [4.69, 9.17) is 9.73 Å². The summed E-state index contributed by atoms with van der Waals surface area (Å²) in [5.74, 6) is 0.655. The summed E-state index contributed by atoms with van der Waals surface area (Å²) in [6.45, 7) is 4.07. The van der Waals surface area contributed by atoms with Gasteiger partial charge in [0.15, 0.2) is 5.17 Å². The summed E-state index contributed by atoms with van der Waals surface area (Å²) in [5.41, 5.74) is 4.82. The number of anilines is 1. The first-order valence-electron chi connectivity index (χ1n) is 9.74. The average molecular weight is 493 g/mol. The zero-order valence-corrected chi connectivity index (χ0v) is 19.8. The summed E-state index contributed by atoms with van der Waals surface area (Å²) in [5, 5.41) is 0.636. The van der Waals surface area contributed by atoms with E-state index in [2.05, 4.69) is 15.9 Å². The topological polar surface area (TPSA) is 41.9 Å². The third-order valence-corrected chi connectivity index (χ3v) is 6.42. The molecule has 0 N–H and O–H groups in total. The molecule has 3 aromatic carbocycles. The van der Waals surface area contributed by atoms with Crippen LogP contribution in [0.1, 0.15) is 16.7 Å². The van der Waals surface area contributed by atoms with Crippen LogP contribution in [-0.2, 0) is 4.79 Å². The van der Waals surface area contributed by atoms with Crippen molar-refractivity contribution in [1.82, 2.24) is 0 Å². The molecule has 0 aliphatic carbocycles. The lowest BCUT2D eigenvalue weighted by Gasteiger charge is -2.16. The van der Waals surface area contributed by atoms with E-state index in [0.717, 1.165) is 32.7 Å². The van der Waals surface area contributed by atoms with E-state index in [1.54, 1.807) is 12.0 Å². The first-order valence-corrected chi connectivity index (χ1v) is 11.3. The molecule has 1 aliphatic rings. The van der Waals surface area contributed by atoms with Crippen LogP contribution in [0, 0.1) is 13.8 Å². The van der Waals surface area contributed by atoms with Crippen LogP contribution in [0.4, 0.5) is 11.4 Å². The van der Waals surface area contributed by atoms with Gasteiger partial charge in [-0.15, -0.1) is 0 Å². The molecule has 1 fully saturated rings. The maximum absolute atomic E-state index is 13.4. The van der Waals surface area contributed by atoms with Crippen molar-refractivity contribution in [3.63, 3.8) is 0 Å². The van der Waals surface area contributed by atoms with Gasteiger partial charge in [-0.2, -0.15) is 0 Å². The summed E-state index contributed by atoms with van der Waals surface area (Å²) in [4.78, 5) is 20.4. The lowest BCUT2D eigenvalue weighted by atomic mass is 10.2. The van der Waals surface area contributed by atoms with Gasteiger partial charge in [0.2, 0.25) is 0 Å². The van der Waals surface area contributed by atoms with Crippen molar-refractivity contribution in [2.75, 3.05) is 12.0 Å². The van der Waals surface area contributed by atoms with Gasteiger partial charge in [0.05, 0.1) is 27.9 Å². The Kier molecular flexibility index (Phi) is 6.30. The molecular formula is C25H21BrN2O2S. The van der Waals surface area contributed by atoms with Gasteiger partial charge in [0.25, 0.3) is 5.91 Å². The first-order chi connectivity index (χ1) is 14.9. The van der Waals surface area contributed by atoms with Crippen molar-refractivity contribution in [3.05, 3.63) is 92.8 Å². The number of hydrogen-bond donors (Lipinski definition) is 0. The van der Waals surface area contributed by atoms with E-state index in [-0.39, 0.29) is 5.91 Å². The number of halogens is 1. The molecule has 156 valence electrons. The van der Waals surface area contributed by atoms with Crippen LogP contribution in [-0.4, -0.2) is 18.2 Å². The van der Waals surface area contributed by atoms with Crippen molar-refractivity contribution in [2.24, 2.45) is 4.99 Å². The molecule has 0 radical (unpaired) electrons. The van der Waals surface area contributed by atoms with Gasteiger partial charge in [-0.1, -0.05) is 41.5 Å². The Bertz CT molecular complexity index is 1190. The van der Waals surface area contributed by atoms with E-state index >= 15 is 0 Å². The molecule has 0 atom stereocenters. The van der Waals surface area contributed by atoms with Crippen LogP contribution in [0.5, 0.6) is 5.75 Å². The standard InChI is InChI=1S/C25H21BrN2O2S/c1-16-4-9-19(10-5-16)27-25-28(20-11-6-17(2)7-12-20)24(29)23(31-25)15-18-8-13-22(30-3)21(26)14-18/h4-15H,1-3H3. The summed E-state index contributed by atoms with van der Waals surface area (Å²) in [6.07, 6.45) is 1.88. The Balaban J connectivity index is 1.75. The number of carbonyl (C=O) groups excluding carboxylic acids is 1. The maximum Gasteiger partial charge on any atom is 0.271 e. The van der Waals surface area contributed by atoms with E-state index in [0.29, 0.717) is 10.1 Å². The number of ether oxygens (including phenoxy) is 1. The SMILES string of the molecule is COc1ccc(C=C2SC(=Nc3ccc(C)cc3)N(c3ccc(C)cc3)C2=O)cc1Br. The largest absolute Gasteiger partial charge is 0.496 e. The van der Waals surface area contributed by atoms with Crippen LogP contribution in [0.25, 0.3) is 6.08 Å². The Morgan fingerprint density at radius 3 is 2.23 bits per heavy atom. The van der Waals surface area contributed by atoms with Crippen molar-refractivity contribution < 1.29 is 9.53 Å². The minimum Gasteiger partial charge on any atom is -0.496 e. The van der Waals surface area contributed by atoms with Gasteiger partial charge < -0.3 is 4.74 Å². The van der Waals surface area contributed by atoms with Gasteiger partial charge in [-0.3, -0.25) is 9.69 Å². The van der Waals surface area contributed by atoms with Crippen LogP contribution in [0.3, 0.4) is 0 Å². The number of thioether (sulfide) groups is 1. The summed E-state index contributed by atoms with van der Waals surface area (Å²) in [7, 11) is 1.63. The molecule has 31 heavy (non-hydrogen) atoms. The molecule has 1 amide bonds. The maximum atomic E-state index is 13.4. The zero-order chi connectivity index (χ0) is 22.0. The van der Waals surface area contributed by atoms with Crippen LogP contribution < -0.4 is 9.64 Å². The highest BCUT2D eigenvalue weighted by Gasteiger charge is 2.34. The number of aryl methyl sites for hydroxylation is 2. The van der Waals surface area contributed by atoms with Crippen LogP contribution >= 0.6 is 27.7 Å². The third kappa shape index (κ3) is 4.75. The monoisotopic (exact) mass is 492 g/mol. The molecule has 1 saturated heterocycles. The van der Waals surface area contributed by atoms with Crippen LogP contribution in [0.15, 0.2) is 81.1 Å². The summed E-state index contributed by atoms with van der Waals surface area (Å²) < 4.78 is 6.14. The second kappa shape index (κ2) is 9.12. The molecule has 0 saturated carbocycles. The molecule has 0 unspecified atom stereocenters. The van der Waals surface area contributed by atoms with Gasteiger partial charge in [0.1, 0.15) is 5.75 Å². The number of amides is 1. The first kappa shape index (κ1) is 21.4. The fourth-order valence-electron chi connectivity index (χ4n) is 3.12. The lowest BCUT2D eigenvalue weighted by molar-refractivity contribution is -0.113. The van der Waals surface area contributed by atoms with Crippen molar-refractivity contribution in [2.45, 2.75) is 13.8 Å². The molecule has 3 aromatic rings. The second-order valence-electron chi connectivity index (χ2n) is 7.21. The predicted octanol–water partition coefficient (Wildman–Crippen LogP) is 6.88. The number of nitrogens with zero attached hydrogens (tertiary/aromatic N) is 2. The smallest absolute Gasteiger partial charge is 0.271 e. The molecule has 0 bridgehead atoms. The van der Waals surface area contributed by atoms with Gasteiger partial charge in [0, 0.05) is 0 Å². The minimum atomic E-state index is -0.0911. The van der Waals surface area contributed by atoms with Crippen molar-refractivity contribution >= 4 is 56.2 Å². The van der Waals surface area contributed by atoms with Gasteiger partial charge in [-0.25, -0.2) is 4.99 Å². The molecule has 1 aliphatic heterocycles. The lowest BCUT2D eigenvalue weighted by Crippen LogP contribution is -2.28. The molecule has 0 spiro atoms. The minimum absolute atomic E-state index is 0.0911. The van der Waals surface area contributed by atoms with E-state index in [9.17, 15) is 4.79 Å². The predicted molar refractivity (Wildman–Crippen MR) is 133 cm³/mol. The molecule has 0 aromatic heterocycles. The number of methoxy groups -OCH3 is 1.